The molecule has 5 aromatic rings. The van der Waals surface area contributed by atoms with E-state index in [9.17, 15) is 25.9 Å². The normalized spacial score (nSPS) is 14.6. The van der Waals surface area contributed by atoms with E-state index in [2.05, 4.69) is 96.7 Å². The van der Waals surface area contributed by atoms with Crippen LogP contribution in [0, 0.1) is 0 Å². The van der Waals surface area contributed by atoms with Gasteiger partial charge in [0.1, 0.15) is 4.70 Å². The first kappa shape index (κ1) is 39.4. The quantitative estimate of drug-likeness (QED) is 0.0874. The second-order valence-corrected chi connectivity index (χ2v) is 18.3. The van der Waals surface area contributed by atoms with Crippen LogP contribution in [-0.2, 0) is 26.8 Å². The minimum Gasteiger partial charge on any atom is -0.748 e. The van der Waals surface area contributed by atoms with Gasteiger partial charge >= 0.3 is 0 Å². The molecule has 0 bridgehead atoms. The van der Waals surface area contributed by atoms with E-state index in [0.29, 0.717) is 13.1 Å². The summed E-state index contributed by atoms with van der Waals surface area (Å²) in [4.78, 5) is 5.59. The number of thiophene rings is 1. The van der Waals surface area contributed by atoms with E-state index >= 15 is 0 Å². The number of nitrogens with zero attached hydrogens (tertiary/aromatic N) is 3. The zero-order valence-corrected chi connectivity index (χ0v) is 33.5. The summed E-state index contributed by atoms with van der Waals surface area (Å²) < 4.78 is 71.0. The Labute approximate surface area is 313 Å². The molecular formula is C37H45N3O6S5. The fraction of sp³-hybridized carbons (Fsp3) is 0.378. The Morgan fingerprint density at radius 1 is 0.902 bits per heavy atom. The highest BCUT2D eigenvalue weighted by atomic mass is 32.2. The van der Waals surface area contributed by atoms with Gasteiger partial charge in [0.15, 0.2) is 6.54 Å². The van der Waals surface area contributed by atoms with Crippen molar-refractivity contribution in [3.8, 4) is 0 Å². The van der Waals surface area contributed by atoms with Crippen molar-refractivity contribution >= 4 is 97.5 Å². The third-order valence-electron chi connectivity index (χ3n) is 8.86. The number of hydrogen-bond donors (Lipinski definition) is 1. The first-order chi connectivity index (χ1) is 24.4. The second-order valence-electron chi connectivity index (χ2n) is 12.2. The zero-order chi connectivity index (χ0) is 36.8. The zero-order valence-electron chi connectivity index (χ0n) is 29.4. The number of aromatic nitrogens is 1. The molecule has 0 fully saturated rings. The van der Waals surface area contributed by atoms with Gasteiger partial charge in [-0.2, -0.15) is 13.0 Å². The van der Waals surface area contributed by atoms with Crippen molar-refractivity contribution < 1.29 is 30.5 Å². The largest absolute Gasteiger partial charge is 0.748 e. The Bertz CT molecular complexity index is 2270. The highest BCUT2D eigenvalue weighted by Crippen LogP contribution is 2.50. The fourth-order valence-electron chi connectivity index (χ4n) is 6.22. The maximum Gasteiger partial charge on any atom is 0.264 e. The molecule has 51 heavy (non-hydrogen) atoms. The van der Waals surface area contributed by atoms with Crippen molar-refractivity contribution in [1.82, 2.24) is 4.90 Å². The molecule has 0 saturated heterocycles. The third-order valence-corrected chi connectivity index (χ3v) is 13.5. The smallest absolute Gasteiger partial charge is 0.264 e. The van der Waals surface area contributed by atoms with Crippen LogP contribution >= 0.6 is 34.4 Å². The predicted octanol–water partition coefficient (Wildman–Crippen LogP) is 8.37. The molecule has 0 aliphatic carbocycles. The topological polar surface area (TPSA) is 122 Å². The molecule has 14 heteroatoms. The van der Waals surface area contributed by atoms with Gasteiger partial charge in [-0.3, -0.25) is 4.55 Å². The molecule has 0 atom stereocenters. The molecule has 0 amide bonds. The molecule has 1 aliphatic heterocycles. The van der Waals surface area contributed by atoms with Crippen molar-refractivity contribution in [2.75, 3.05) is 42.6 Å². The summed E-state index contributed by atoms with van der Waals surface area (Å²) in [6.07, 6.45) is 5.45. The molecule has 3 heterocycles. The van der Waals surface area contributed by atoms with Crippen molar-refractivity contribution in [3.05, 3.63) is 81.7 Å². The fourth-order valence-corrected chi connectivity index (χ4v) is 10.3. The summed E-state index contributed by atoms with van der Waals surface area (Å²) in [5.74, 6) is -0.748. The van der Waals surface area contributed by atoms with Crippen molar-refractivity contribution in [2.24, 2.45) is 0 Å². The maximum atomic E-state index is 11.5. The van der Waals surface area contributed by atoms with Gasteiger partial charge in [-0.1, -0.05) is 81.1 Å². The number of allylic oxidation sites excluding steroid dienone is 2. The lowest BCUT2D eigenvalue weighted by atomic mass is 10.1. The predicted molar refractivity (Wildman–Crippen MR) is 215 cm³/mol. The van der Waals surface area contributed by atoms with Crippen LogP contribution in [0.25, 0.3) is 37.2 Å². The van der Waals surface area contributed by atoms with E-state index in [-0.39, 0.29) is 18.6 Å². The molecule has 6 rings (SSSR count). The molecule has 0 saturated carbocycles. The number of fused-ring (bicyclic) bond motifs is 6. The number of aryl methyl sites for hydroxylation is 1. The van der Waals surface area contributed by atoms with Gasteiger partial charge in [-0.15, -0.1) is 11.3 Å². The summed E-state index contributed by atoms with van der Waals surface area (Å²) in [5, 5.41) is 7.23. The van der Waals surface area contributed by atoms with E-state index in [1.165, 1.54) is 19.6 Å². The molecule has 274 valence electrons. The minimum absolute atomic E-state index is 0.214. The van der Waals surface area contributed by atoms with Crippen molar-refractivity contribution in [2.45, 2.75) is 58.4 Å². The van der Waals surface area contributed by atoms with E-state index in [1.54, 1.807) is 34.4 Å². The Morgan fingerprint density at radius 3 is 2.29 bits per heavy atom. The average molecular weight is 788 g/mol. The average Bonchev–Trinajstić information content (AvgIpc) is 3.80. The first-order valence-electron chi connectivity index (χ1n) is 17.2. The number of thioether (sulfide) groups is 1. The number of rotatable bonds is 14. The summed E-state index contributed by atoms with van der Waals surface area (Å²) in [6, 6.07) is 18.5. The van der Waals surface area contributed by atoms with Gasteiger partial charge in [0.05, 0.1) is 32.0 Å². The third kappa shape index (κ3) is 9.99. The maximum absolute atomic E-state index is 11.5. The van der Waals surface area contributed by atoms with Crippen LogP contribution in [0.4, 0.5) is 5.69 Å². The Morgan fingerprint density at radius 2 is 1.63 bits per heavy atom. The van der Waals surface area contributed by atoms with Crippen LogP contribution in [0.2, 0.25) is 0 Å². The minimum atomic E-state index is -4.33. The monoisotopic (exact) mass is 787 g/mol. The van der Waals surface area contributed by atoms with E-state index < -0.39 is 26.0 Å². The first-order valence-corrected chi connectivity index (χ1v) is 22.9. The lowest BCUT2D eigenvalue weighted by Crippen LogP contribution is -2.36. The summed E-state index contributed by atoms with van der Waals surface area (Å²) in [7, 11) is -8.42. The van der Waals surface area contributed by atoms with Gasteiger partial charge in [0, 0.05) is 39.8 Å². The van der Waals surface area contributed by atoms with E-state index in [0.717, 1.165) is 63.7 Å². The molecule has 1 aliphatic rings. The summed E-state index contributed by atoms with van der Waals surface area (Å²) in [5.41, 5.74) is 3.11. The van der Waals surface area contributed by atoms with Gasteiger partial charge in [-0.25, -0.2) is 8.42 Å². The van der Waals surface area contributed by atoms with E-state index in [4.69, 9.17) is 0 Å². The van der Waals surface area contributed by atoms with Crippen molar-refractivity contribution in [1.29, 1.82) is 0 Å². The van der Waals surface area contributed by atoms with Crippen LogP contribution in [0.5, 0.6) is 0 Å². The van der Waals surface area contributed by atoms with Crippen LogP contribution in [-0.4, -0.2) is 68.5 Å². The van der Waals surface area contributed by atoms with Crippen LogP contribution in [0.1, 0.15) is 52.0 Å². The standard InChI is InChI=1S/C31H30N2O6S5.C6H15N/c1-2-21(20-29-33(15-6-18-44(37,38)39)31-24-13-16-40-25(24)11-12-27(31)42-29)19-28-32(14-5-17-43(34,35)36)30-23-8-4-3-7-22(23)9-10-26(30)41-28;1-4-7(5-2)6-3/h3-4,7-13,16,19-20H,2,5-6,14-15,17-18H2,1H3,(H-,34,35,36,37,38,39);4-6H2,1-3H3. The molecule has 0 unspecified atom stereocenters. The number of hydrogen-bond acceptors (Lipinski definition) is 10. The Hall–Kier alpha value is -2.82. The Kier molecular flexibility index (Phi) is 13.4. The summed E-state index contributed by atoms with van der Waals surface area (Å²) in [6.45, 7) is 13.0. The molecule has 0 spiro atoms. The number of anilines is 1. The summed E-state index contributed by atoms with van der Waals surface area (Å²) >= 11 is 4.91. The lowest BCUT2D eigenvalue weighted by molar-refractivity contribution is -0.667. The van der Waals surface area contributed by atoms with Crippen LogP contribution in [0.3, 0.4) is 0 Å². The lowest BCUT2D eigenvalue weighted by Gasteiger charge is -2.22. The molecule has 1 N–H and O–H groups in total. The highest BCUT2D eigenvalue weighted by molar-refractivity contribution is 8.03. The van der Waals surface area contributed by atoms with Gasteiger partial charge in [0.2, 0.25) is 5.52 Å². The molecule has 0 radical (unpaired) electrons. The highest BCUT2D eigenvalue weighted by Gasteiger charge is 2.28. The second kappa shape index (κ2) is 17.3. The van der Waals surface area contributed by atoms with E-state index in [1.807, 2.05) is 17.5 Å². The van der Waals surface area contributed by atoms with Gasteiger partial charge in [0.25, 0.3) is 15.1 Å². The van der Waals surface area contributed by atoms with Crippen LogP contribution in [0.15, 0.2) is 81.6 Å². The van der Waals surface area contributed by atoms with Gasteiger partial charge in [-0.05, 0) is 79.2 Å². The number of thiazole rings is 1. The van der Waals surface area contributed by atoms with Crippen molar-refractivity contribution in [3.63, 3.8) is 0 Å². The van der Waals surface area contributed by atoms with Crippen LogP contribution < -0.4 is 9.47 Å². The molecular weight excluding hydrogens is 743 g/mol. The SMILES string of the molecule is CCC(=C\c1sc2ccc3sccc3c2[n+]1CCCS(=O)(=O)[O-])/C=C1/Sc2ccc3ccccc3c2N1CCCS(=O)(=O)O.CCN(CC)CC. The molecule has 9 nitrogen and oxygen atoms in total. The van der Waals surface area contributed by atoms with Gasteiger partial charge < -0.3 is 14.4 Å². The molecule has 3 aromatic carbocycles. The number of benzene rings is 3. The molecule has 2 aromatic heterocycles. The Balaban J connectivity index is 0.000000654.